The molecule has 0 aromatic heterocycles. The van der Waals surface area contributed by atoms with Gasteiger partial charge in [0.15, 0.2) is 6.61 Å². The Labute approximate surface area is 147 Å². The third-order valence-electron chi connectivity index (χ3n) is 4.16. The van der Waals surface area contributed by atoms with Gasteiger partial charge in [-0.15, -0.1) is 0 Å². The largest absolute Gasteiger partial charge is 0.482 e. The lowest BCUT2D eigenvalue weighted by Crippen LogP contribution is -2.39. The van der Waals surface area contributed by atoms with Gasteiger partial charge in [0.05, 0.1) is 5.02 Å². The highest BCUT2D eigenvalue weighted by Crippen LogP contribution is 2.22. The molecule has 0 saturated heterocycles. The summed E-state index contributed by atoms with van der Waals surface area (Å²) in [6.07, 6.45) is 1.07. The molecule has 1 N–H and O–H groups in total. The Kier molecular flexibility index (Phi) is 5.72. The van der Waals surface area contributed by atoms with Crippen LogP contribution in [-0.2, 0) is 17.8 Å². The van der Waals surface area contributed by atoms with Gasteiger partial charge in [0.25, 0.3) is 5.91 Å². The van der Waals surface area contributed by atoms with E-state index in [4.69, 9.17) is 16.3 Å². The molecule has 3 rings (SSSR count). The van der Waals surface area contributed by atoms with Gasteiger partial charge in [-0.1, -0.05) is 48.0 Å². The molecule has 5 heteroatoms. The molecule has 24 heavy (non-hydrogen) atoms. The van der Waals surface area contributed by atoms with Crippen LogP contribution in [0.2, 0.25) is 5.02 Å². The monoisotopic (exact) mass is 344 g/mol. The van der Waals surface area contributed by atoms with Crippen molar-refractivity contribution < 1.29 is 9.53 Å². The van der Waals surface area contributed by atoms with Gasteiger partial charge in [0.1, 0.15) is 5.75 Å². The summed E-state index contributed by atoms with van der Waals surface area (Å²) in [5.74, 6) is 0.397. The summed E-state index contributed by atoms with van der Waals surface area (Å²) in [7, 11) is 0. The third-order valence-corrected chi connectivity index (χ3v) is 4.47. The second kappa shape index (κ2) is 8.18. The molecular weight excluding hydrogens is 324 g/mol. The van der Waals surface area contributed by atoms with Crippen molar-refractivity contribution in [2.75, 3.05) is 26.2 Å². The van der Waals surface area contributed by atoms with E-state index in [1.54, 1.807) is 12.1 Å². The van der Waals surface area contributed by atoms with E-state index in [0.717, 1.165) is 26.1 Å². The van der Waals surface area contributed by atoms with Gasteiger partial charge in [-0.3, -0.25) is 9.69 Å². The number of fused-ring (bicyclic) bond motifs is 1. The second-order valence-electron chi connectivity index (χ2n) is 5.86. The number of amides is 1. The fourth-order valence-corrected chi connectivity index (χ4v) is 3.04. The molecule has 0 atom stereocenters. The summed E-state index contributed by atoms with van der Waals surface area (Å²) in [6.45, 7) is 3.41. The first-order valence-corrected chi connectivity index (χ1v) is 8.53. The Balaban J connectivity index is 1.38. The molecule has 1 aliphatic rings. The molecule has 126 valence electrons. The maximum Gasteiger partial charge on any atom is 0.257 e. The number of para-hydroxylation sites is 1. The molecule has 0 fully saturated rings. The van der Waals surface area contributed by atoms with Crippen LogP contribution in [0.4, 0.5) is 0 Å². The van der Waals surface area contributed by atoms with Crippen LogP contribution in [-0.4, -0.2) is 37.0 Å². The summed E-state index contributed by atoms with van der Waals surface area (Å²) in [4.78, 5) is 14.2. The number of nitrogens with one attached hydrogen (secondary N) is 1. The SMILES string of the molecule is O=C(COc1ccccc1Cl)NCCN1CCc2ccccc2C1. The molecule has 0 unspecified atom stereocenters. The zero-order valence-electron chi connectivity index (χ0n) is 13.5. The topological polar surface area (TPSA) is 41.6 Å². The Morgan fingerprint density at radius 1 is 1.12 bits per heavy atom. The van der Waals surface area contributed by atoms with Gasteiger partial charge in [0.2, 0.25) is 0 Å². The first-order valence-electron chi connectivity index (χ1n) is 8.15. The van der Waals surface area contributed by atoms with Crippen LogP contribution in [0.25, 0.3) is 0 Å². The highest BCUT2D eigenvalue weighted by molar-refractivity contribution is 6.32. The highest BCUT2D eigenvalue weighted by Gasteiger charge is 2.15. The predicted octanol–water partition coefficient (Wildman–Crippen LogP) is 2.89. The quantitative estimate of drug-likeness (QED) is 0.876. The predicted molar refractivity (Wildman–Crippen MR) is 95.4 cm³/mol. The Bertz CT molecular complexity index is 705. The summed E-state index contributed by atoms with van der Waals surface area (Å²) < 4.78 is 5.43. The van der Waals surface area contributed by atoms with Gasteiger partial charge >= 0.3 is 0 Å². The van der Waals surface area contributed by atoms with Crippen LogP contribution in [0, 0.1) is 0 Å². The fraction of sp³-hybridized carbons (Fsp3) is 0.316. The number of benzene rings is 2. The average Bonchev–Trinajstić information content (AvgIpc) is 2.61. The second-order valence-corrected chi connectivity index (χ2v) is 6.27. The minimum absolute atomic E-state index is 0.0213. The van der Waals surface area contributed by atoms with E-state index in [9.17, 15) is 4.79 Å². The lowest BCUT2D eigenvalue weighted by atomic mass is 10.00. The molecule has 0 spiro atoms. The summed E-state index contributed by atoms with van der Waals surface area (Å²) in [5, 5.41) is 3.41. The van der Waals surface area contributed by atoms with Crippen molar-refractivity contribution >= 4 is 17.5 Å². The number of carbonyl (C=O) groups excluding carboxylic acids is 1. The summed E-state index contributed by atoms with van der Waals surface area (Å²) in [5.41, 5.74) is 2.82. The van der Waals surface area contributed by atoms with Crippen molar-refractivity contribution in [1.82, 2.24) is 10.2 Å². The van der Waals surface area contributed by atoms with E-state index in [-0.39, 0.29) is 12.5 Å². The van der Waals surface area contributed by atoms with Crippen molar-refractivity contribution in [1.29, 1.82) is 0 Å². The van der Waals surface area contributed by atoms with Crippen LogP contribution in [0.15, 0.2) is 48.5 Å². The van der Waals surface area contributed by atoms with Crippen molar-refractivity contribution in [3.05, 3.63) is 64.7 Å². The molecule has 0 bridgehead atoms. The van der Waals surface area contributed by atoms with Crippen LogP contribution in [0.5, 0.6) is 5.75 Å². The molecule has 1 aliphatic heterocycles. The number of rotatable bonds is 6. The number of carbonyl (C=O) groups is 1. The number of ether oxygens (including phenoxy) is 1. The van der Waals surface area contributed by atoms with E-state index < -0.39 is 0 Å². The zero-order chi connectivity index (χ0) is 16.8. The number of nitrogens with zero attached hydrogens (tertiary/aromatic N) is 1. The van der Waals surface area contributed by atoms with E-state index in [2.05, 4.69) is 34.5 Å². The normalized spacial score (nSPS) is 14.0. The van der Waals surface area contributed by atoms with Crippen molar-refractivity contribution in [2.45, 2.75) is 13.0 Å². The first kappa shape index (κ1) is 16.8. The van der Waals surface area contributed by atoms with Crippen LogP contribution >= 0.6 is 11.6 Å². The van der Waals surface area contributed by atoms with Crippen molar-refractivity contribution in [2.24, 2.45) is 0 Å². The fourth-order valence-electron chi connectivity index (χ4n) is 2.85. The minimum Gasteiger partial charge on any atom is -0.482 e. The van der Waals surface area contributed by atoms with E-state index >= 15 is 0 Å². The van der Waals surface area contributed by atoms with E-state index in [1.165, 1.54) is 11.1 Å². The molecule has 0 aliphatic carbocycles. The van der Waals surface area contributed by atoms with Crippen LogP contribution in [0.1, 0.15) is 11.1 Å². The smallest absolute Gasteiger partial charge is 0.257 e. The average molecular weight is 345 g/mol. The molecule has 2 aromatic carbocycles. The minimum atomic E-state index is -0.132. The van der Waals surface area contributed by atoms with E-state index in [0.29, 0.717) is 17.3 Å². The van der Waals surface area contributed by atoms with Gasteiger partial charge < -0.3 is 10.1 Å². The molecule has 2 aromatic rings. The Morgan fingerprint density at radius 3 is 2.71 bits per heavy atom. The molecule has 1 amide bonds. The van der Waals surface area contributed by atoms with Crippen LogP contribution < -0.4 is 10.1 Å². The van der Waals surface area contributed by atoms with E-state index in [1.807, 2.05) is 12.1 Å². The van der Waals surface area contributed by atoms with Gasteiger partial charge in [-0.05, 0) is 29.7 Å². The summed E-state index contributed by atoms with van der Waals surface area (Å²) >= 11 is 5.99. The maximum absolute atomic E-state index is 11.9. The lowest BCUT2D eigenvalue weighted by Gasteiger charge is -2.28. The number of halogens is 1. The summed E-state index contributed by atoms with van der Waals surface area (Å²) in [6, 6.07) is 15.7. The molecule has 1 heterocycles. The first-order chi connectivity index (χ1) is 11.7. The molecule has 4 nitrogen and oxygen atoms in total. The van der Waals surface area contributed by atoms with Gasteiger partial charge in [0, 0.05) is 26.2 Å². The molecule has 0 radical (unpaired) electrons. The van der Waals surface area contributed by atoms with Crippen molar-refractivity contribution in [3.63, 3.8) is 0 Å². The highest BCUT2D eigenvalue weighted by atomic mass is 35.5. The Morgan fingerprint density at radius 2 is 1.88 bits per heavy atom. The number of hydrogen-bond donors (Lipinski definition) is 1. The molecule has 0 saturated carbocycles. The molecular formula is C19H21ClN2O2. The Hall–Kier alpha value is -2.04. The lowest BCUT2D eigenvalue weighted by molar-refractivity contribution is -0.123. The van der Waals surface area contributed by atoms with Crippen LogP contribution in [0.3, 0.4) is 0 Å². The maximum atomic E-state index is 11.9. The third kappa shape index (κ3) is 4.49. The van der Waals surface area contributed by atoms with Gasteiger partial charge in [-0.2, -0.15) is 0 Å². The van der Waals surface area contributed by atoms with Crippen molar-refractivity contribution in [3.8, 4) is 5.75 Å². The number of hydrogen-bond acceptors (Lipinski definition) is 3. The zero-order valence-corrected chi connectivity index (χ0v) is 14.3. The van der Waals surface area contributed by atoms with Gasteiger partial charge in [-0.25, -0.2) is 0 Å². The standard InChI is InChI=1S/C19H21ClN2O2/c20-17-7-3-4-8-18(17)24-14-19(23)21-10-12-22-11-9-15-5-1-2-6-16(15)13-22/h1-8H,9-14H2,(H,21,23).